The molecule has 0 radical (unpaired) electrons. The van der Waals surface area contributed by atoms with Crippen LogP contribution in [0, 0.1) is 0 Å². The highest BCUT2D eigenvalue weighted by molar-refractivity contribution is 7.47. The van der Waals surface area contributed by atoms with E-state index in [1.165, 1.54) is 141 Å². The van der Waals surface area contributed by atoms with Crippen LogP contribution in [0.25, 0.3) is 0 Å². The summed E-state index contributed by atoms with van der Waals surface area (Å²) in [6.07, 6.45) is 109. The van der Waals surface area contributed by atoms with E-state index in [9.17, 15) is 19.0 Å². The zero-order valence-corrected chi connectivity index (χ0v) is 62.0. The van der Waals surface area contributed by atoms with Crippen molar-refractivity contribution < 1.29 is 42.1 Å². The highest BCUT2D eigenvalue weighted by Gasteiger charge is 2.27. The SMILES string of the molecule is CC/C=C\C/C=C\C/C=C\C/C=C\C/C=C\C/C=C\C/C=C\CCCCCCCCCCCCCCCCCCCCCC(=O)OC(COC(=O)CCCCCCCCCCCC/C=C\C/C=C\C/C=C\C/C=C\C/C=C\C/C=C\CC)COP(=O)(O)OCC[N+](C)(C)C. The van der Waals surface area contributed by atoms with Crippen LogP contribution in [-0.4, -0.2) is 74.9 Å². The molecule has 0 aliphatic carbocycles. The lowest BCUT2D eigenvalue weighted by atomic mass is 10.0. The van der Waals surface area contributed by atoms with Crippen LogP contribution >= 0.6 is 7.82 Å². The first-order valence-electron chi connectivity index (χ1n) is 38.2. The number of carbonyl (C=O) groups excluding carboxylic acids is 2. The van der Waals surface area contributed by atoms with Crippen molar-refractivity contribution in [3.8, 4) is 0 Å². The minimum Gasteiger partial charge on any atom is -0.462 e. The fourth-order valence-electron chi connectivity index (χ4n) is 10.3. The Balaban J connectivity index is 4.01. The van der Waals surface area contributed by atoms with E-state index in [2.05, 4.69) is 172 Å². The van der Waals surface area contributed by atoms with Crippen LogP contribution in [0.4, 0.5) is 0 Å². The number of phosphoric acid groups is 1. The maximum Gasteiger partial charge on any atom is 0.472 e. The van der Waals surface area contributed by atoms with Crippen LogP contribution in [-0.2, 0) is 32.7 Å². The number of likely N-dealkylation sites (N-methyl/N-ethyl adjacent to an activating group) is 1. The summed E-state index contributed by atoms with van der Waals surface area (Å²) in [4.78, 5) is 36.0. The number of hydrogen-bond acceptors (Lipinski definition) is 7. The smallest absolute Gasteiger partial charge is 0.462 e. The zero-order valence-electron chi connectivity index (χ0n) is 61.1. The number of carbonyl (C=O) groups is 2. The van der Waals surface area contributed by atoms with Gasteiger partial charge in [-0.3, -0.25) is 18.6 Å². The minimum atomic E-state index is -4.40. The molecular formula is C84H143NO8P+. The fraction of sp³-hybridized carbons (Fsp3) is 0.667. The molecule has 94 heavy (non-hydrogen) atoms. The van der Waals surface area contributed by atoms with Gasteiger partial charge in [0, 0.05) is 12.8 Å². The predicted octanol–water partition coefficient (Wildman–Crippen LogP) is 25.5. The molecule has 0 aliphatic rings. The Morgan fingerprint density at radius 3 is 0.851 bits per heavy atom. The number of quaternary nitrogens is 1. The van der Waals surface area contributed by atoms with Crippen molar-refractivity contribution in [2.24, 2.45) is 0 Å². The first-order valence-corrected chi connectivity index (χ1v) is 39.7. The van der Waals surface area contributed by atoms with Gasteiger partial charge in [0.15, 0.2) is 6.10 Å². The molecule has 0 heterocycles. The Morgan fingerprint density at radius 2 is 0.574 bits per heavy atom. The first kappa shape index (κ1) is 89.6. The molecule has 0 bridgehead atoms. The monoisotopic (exact) mass is 1330 g/mol. The van der Waals surface area contributed by atoms with E-state index in [-0.39, 0.29) is 32.0 Å². The third kappa shape index (κ3) is 76.6. The Bertz CT molecular complexity index is 2150. The van der Waals surface area contributed by atoms with E-state index in [1.54, 1.807) is 0 Å². The summed E-state index contributed by atoms with van der Waals surface area (Å²) in [6, 6.07) is 0. The fourth-order valence-corrected chi connectivity index (χ4v) is 11.0. The number of ether oxygens (including phenoxy) is 2. The molecule has 2 unspecified atom stereocenters. The summed E-state index contributed by atoms with van der Waals surface area (Å²) in [6.45, 7) is 4.21. The molecule has 0 aromatic rings. The van der Waals surface area contributed by atoms with Crippen molar-refractivity contribution >= 4 is 19.8 Å². The number of unbranched alkanes of at least 4 members (excludes halogenated alkanes) is 29. The molecule has 0 spiro atoms. The average Bonchev–Trinajstić information content (AvgIpc) is 1.57. The van der Waals surface area contributed by atoms with Gasteiger partial charge >= 0.3 is 19.8 Å². The molecule has 2 atom stereocenters. The predicted molar refractivity (Wildman–Crippen MR) is 408 cm³/mol. The van der Waals surface area contributed by atoms with Gasteiger partial charge in [-0.15, -0.1) is 0 Å². The second-order valence-corrected chi connectivity index (χ2v) is 27.7. The van der Waals surface area contributed by atoms with E-state index in [1.807, 2.05) is 21.1 Å². The van der Waals surface area contributed by atoms with Crippen molar-refractivity contribution in [1.82, 2.24) is 0 Å². The normalized spacial score (nSPS) is 14.0. The van der Waals surface area contributed by atoms with Crippen molar-refractivity contribution in [1.29, 1.82) is 0 Å². The average molecular weight is 1330 g/mol. The van der Waals surface area contributed by atoms with E-state index >= 15 is 0 Å². The van der Waals surface area contributed by atoms with E-state index in [0.717, 1.165) is 135 Å². The summed E-state index contributed by atoms with van der Waals surface area (Å²) >= 11 is 0. The van der Waals surface area contributed by atoms with Gasteiger partial charge < -0.3 is 18.9 Å². The van der Waals surface area contributed by atoms with Crippen molar-refractivity contribution in [3.63, 3.8) is 0 Å². The topological polar surface area (TPSA) is 108 Å². The second kappa shape index (κ2) is 72.9. The maximum absolute atomic E-state index is 12.9. The minimum absolute atomic E-state index is 0.0258. The second-order valence-electron chi connectivity index (χ2n) is 26.3. The third-order valence-electron chi connectivity index (χ3n) is 16.1. The molecule has 9 nitrogen and oxygen atoms in total. The highest BCUT2D eigenvalue weighted by Crippen LogP contribution is 2.43. The van der Waals surface area contributed by atoms with Gasteiger partial charge in [0.2, 0.25) is 0 Å². The molecular weight excluding hydrogens is 1180 g/mol. The summed E-state index contributed by atoms with van der Waals surface area (Å²) < 4.78 is 34.8. The van der Waals surface area contributed by atoms with Crippen molar-refractivity contribution in [3.05, 3.63) is 158 Å². The summed E-state index contributed by atoms with van der Waals surface area (Å²) in [5.74, 6) is -0.800. The summed E-state index contributed by atoms with van der Waals surface area (Å²) in [5.41, 5.74) is 0. The van der Waals surface area contributed by atoms with Gasteiger partial charge in [0.25, 0.3) is 0 Å². The van der Waals surface area contributed by atoms with Gasteiger partial charge in [0.05, 0.1) is 27.7 Å². The maximum atomic E-state index is 12.9. The quantitative estimate of drug-likeness (QED) is 0.0211. The largest absolute Gasteiger partial charge is 0.472 e. The van der Waals surface area contributed by atoms with Gasteiger partial charge in [-0.05, 0) is 122 Å². The van der Waals surface area contributed by atoms with E-state index in [4.69, 9.17) is 18.5 Å². The van der Waals surface area contributed by atoms with Crippen LogP contribution in [0.5, 0.6) is 0 Å². The van der Waals surface area contributed by atoms with Crippen LogP contribution in [0.15, 0.2) is 158 Å². The molecule has 0 aliphatic heterocycles. The molecule has 0 saturated heterocycles. The lowest BCUT2D eigenvalue weighted by Gasteiger charge is -2.24. The molecule has 0 fully saturated rings. The Kier molecular flexibility index (Phi) is 69.5. The van der Waals surface area contributed by atoms with E-state index in [0.29, 0.717) is 17.4 Å². The molecule has 0 rings (SSSR count). The number of phosphoric ester groups is 1. The Morgan fingerprint density at radius 1 is 0.330 bits per heavy atom. The molecule has 536 valence electrons. The van der Waals surface area contributed by atoms with Crippen LogP contribution < -0.4 is 0 Å². The number of hydrogen-bond donors (Lipinski definition) is 1. The molecule has 0 aromatic heterocycles. The van der Waals surface area contributed by atoms with Gasteiger partial charge in [-0.1, -0.05) is 332 Å². The Hall–Kier alpha value is -4.37. The lowest BCUT2D eigenvalue weighted by molar-refractivity contribution is -0.870. The number of nitrogens with zero attached hydrogens (tertiary/aromatic N) is 1. The third-order valence-corrected chi connectivity index (χ3v) is 17.0. The van der Waals surface area contributed by atoms with Crippen LogP contribution in [0.3, 0.4) is 0 Å². The number of rotatable bonds is 69. The van der Waals surface area contributed by atoms with Gasteiger partial charge in [-0.25, -0.2) is 4.57 Å². The zero-order chi connectivity index (χ0) is 68.3. The summed E-state index contributed by atoms with van der Waals surface area (Å²) in [5, 5.41) is 0. The summed E-state index contributed by atoms with van der Waals surface area (Å²) in [7, 11) is 1.47. The first-order chi connectivity index (χ1) is 46.0. The molecule has 1 N–H and O–H groups in total. The molecule has 0 amide bonds. The van der Waals surface area contributed by atoms with Crippen LogP contribution in [0.1, 0.15) is 309 Å². The number of allylic oxidation sites excluding steroid dienone is 26. The molecule has 0 saturated carbocycles. The number of esters is 2. The Labute approximate surface area is 579 Å². The van der Waals surface area contributed by atoms with Crippen molar-refractivity contribution in [2.75, 3.05) is 47.5 Å². The van der Waals surface area contributed by atoms with Gasteiger partial charge in [-0.2, -0.15) is 0 Å². The molecule has 0 aromatic carbocycles. The van der Waals surface area contributed by atoms with Crippen molar-refractivity contribution in [2.45, 2.75) is 315 Å². The lowest BCUT2D eigenvalue weighted by Crippen LogP contribution is -2.37. The van der Waals surface area contributed by atoms with Gasteiger partial charge in [0.1, 0.15) is 19.8 Å². The molecule has 10 heteroatoms. The van der Waals surface area contributed by atoms with E-state index < -0.39 is 26.5 Å². The van der Waals surface area contributed by atoms with Crippen LogP contribution in [0.2, 0.25) is 0 Å². The highest BCUT2D eigenvalue weighted by atomic mass is 31.2. The standard InChI is InChI=1S/C84H142NO8P/c1-6-8-10-12-14-16-18-20-22-24-26-28-30-32-34-36-37-38-39-40-41-42-43-44-45-46-47-49-51-53-55-57-59-61-63-65-67-69-71-73-75-77-84(87)93-82(81-92-94(88,89)91-79-78-85(3,4)5)80-90-83(86)76-74-72-70-68-66-64-62-60-58-56-54-52-50-48-35-33-31-29-27-25-23-21-19-17-15-13-11-9-7-2/h8-11,14-17,20-23,26-29,32-35,37-38,40-41,50,52,82H,6-7,12-13,18-19,24-25,30-31,36,39,42-49,51,53-81H2,1-5H3/p+1/b10-8-,11-9-,16-14-,17-15-,22-20-,23-21-,28-26-,29-27-,34-32-,35-33-,38-37-,41-40-,52-50-.